The Labute approximate surface area is 212 Å². The normalized spacial score (nSPS) is 14.8. The predicted octanol–water partition coefficient (Wildman–Crippen LogP) is 4.65. The Morgan fingerprint density at radius 1 is 0.973 bits per heavy atom. The molecule has 37 heavy (non-hydrogen) atoms. The van der Waals surface area contributed by atoms with Crippen LogP contribution >= 0.6 is 0 Å². The number of likely N-dealkylation sites (N-methyl/N-ethyl adjacent to an activating group) is 1. The fourth-order valence-corrected chi connectivity index (χ4v) is 3.99. The molecule has 2 amide bonds. The lowest BCUT2D eigenvalue weighted by Gasteiger charge is -2.34. The van der Waals surface area contributed by atoms with E-state index >= 15 is 0 Å². The van der Waals surface area contributed by atoms with Crippen LogP contribution < -0.4 is 21.1 Å². The molecule has 0 radical (unpaired) electrons. The van der Waals surface area contributed by atoms with Gasteiger partial charge in [0, 0.05) is 50.2 Å². The molecule has 12 heteroatoms. The van der Waals surface area contributed by atoms with Crippen LogP contribution in [0.15, 0.2) is 54.9 Å². The Bertz CT molecular complexity index is 1210. The van der Waals surface area contributed by atoms with Crippen molar-refractivity contribution >= 4 is 23.2 Å². The number of anilines is 3. The van der Waals surface area contributed by atoms with Crippen molar-refractivity contribution in [2.75, 3.05) is 49.1 Å². The number of alkyl halides is 3. The molecule has 0 aliphatic carbocycles. The lowest BCUT2D eigenvalue weighted by Crippen LogP contribution is -2.45. The molecule has 0 unspecified atom stereocenters. The number of nitrogens with one attached hydrogen (secondary N) is 2. The van der Waals surface area contributed by atoms with E-state index in [1.54, 1.807) is 24.3 Å². The van der Waals surface area contributed by atoms with Gasteiger partial charge in [-0.3, -0.25) is 4.90 Å². The van der Waals surface area contributed by atoms with E-state index in [-0.39, 0.29) is 29.5 Å². The molecule has 2 aromatic carbocycles. The summed E-state index contributed by atoms with van der Waals surface area (Å²) in [6.45, 7) is 6.30. The summed E-state index contributed by atoms with van der Waals surface area (Å²) in [5.41, 5.74) is 5.49. The first-order chi connectivity index (χ1) is 17.7. The number of ether oxygens (including phenoxy) is 1. The van der Waals surface area contributed by atoms with Crippen molar-refractivity contribution < 1.29 is 22.7 Å². The molecule has 0 spiro atoms. The summed E-state index contributed by atoms with van der Waals surface area (Å²) in [4.78, 5) is 24.5. The lowest BCUT2D eigenvalue weighted by molar-refractivity contribution is -0.138. The highest BCUT2D eigenvalue weighted by atomic mass is 19.4. The van der Waals surface area contributed by atoms with Crippen molar-refractivity contribution in [3.8, 4) is 11.6 Å². The highest BCUT2D eigenvalue weighted by Gasteiger charge is 2.34. The van der Waals surface area contributed by atoms with Crippen LogP contribution in [-0.2, 0) is 12.7 Å². The van der Waals surface area contributed by atoms with Gasteiger partial charge in [-0.15, -0.1) is 0 Å². The number of halogens is 3. The summed E-state index contributed by atoms with van der Waals surface area (Å²) >= 11 is 0. The number of rotatable bonds is 7. The number of nitrogen functional groups attached to an aromatic ring is 1. The molecule has 1 aliphatic heterocycles. The van der Waals surface area contributed by atoms with Crippen LogP contribution in [-0.4, -0.2) is 58.5 Å². The molecule has 0 saturated carbocycles. The van der Waals surface area contributed by atoms with E-state index in [0.29, 0.717) is 24.5 Å². The zero-order chi connectivity index (χ0) is 26.4. The fourth-order valence-electron chi connectivity index (χ4n) is 3.99. The number of carbonyl (C=O) groups is 1. The Morgan fingerprint density at radius 3 is 2.27 bits per heavy atom. The third-order valence-electron chi connectivity index (χ3n) is 5.98. The summed E-state index contributed by atoms with van der Waals surface area (Å²) in [5, 5.41) is 5.07. The van der Waals surface area contributed by atoms with Crippen molar-refractivity contribution in [2.45, 2.75) is 19.6 Å². The third kappa shape index (κ3) is 7.30. The molecule has 1 aromatic heterocycles. The SMILES string of the molecule is CCN1CCN(Cc2ccc(NC(=O)Nc3ccc(Oc4cc(N)ncn4)cc3)cc2C(F)(F)F)CC1. The maximum absolute atomic E-state index is 13.8. The summed E-state index contributed by atoms with van der Waals surface area (Å²) in [5.74, 6) is 0.972. The minimum absolute atomic E-state index is 0.0469. The second-order valence-electron chi connectivity index (χ2n) is 8.57. The van der Waals surface area contributed by atoms with Gasteiger partial charge in [0.2, 0.25) is 5.88 Å². The highest BCUT2D eigenvalue weighted by Crippen LogP contribution is 2.34. The van der Waals surface area contributed by atoms with Gasteiger partial charge in [-0.25, -0.2) is 14.8 Å². The molecule has 3 aromatic rings. The number of nitrogens with two attached hydrogens (primary N) is 1. The van der Waals surface area contributed by atoms with Crippen molar-refractivity contribution in [2.24, 2.45) is 0 Å². The molecule has 4 rings (SSSR count). The number of carbonyl (C=O) groups excluding carboxylic acids is 1. The number of urea groups is 1. The van der Waals surface area contributed by atoms with Crippen molar-refractivity contribution in [1.82, 2.24) is 19.8 Å². The maximum atomic E-state index is 13.8. The summed E-state index contributed by atoms with van der Waals surface area (Å²) in [7, 11) is 0. The monoisotopic (exact) mass is 515 g/mol. The molecular weight excluding hydrogens is 487 g/mol. The van der Waals surface area contributed by atoms with Crippen molar-refractivity contribution in [3.05, 3.63) is 66.0 Å². The second-order valence-corrected chi connectivity index (χ2v) is 8.57. The van der Waals surface area contributed by atoms with Gasteiger partial charge in [-0.2, -0.15) is 13.2 Å². The number of benzene rings is 2. The second kappa shape index (κ2) is 11.4. The van der Waals surface area contributed by atoms with Gasteiger partial charge in [0.25, 0.3) is 0 Å². The van der Waals surface area contributed by atoms with Crippen molar-refractivity contribution in [1.29, 1.82) is 0 Å². The van der Waals surface area contributed by atoms with Crippen LogP contribution in [0, 0.1) is 0 Å². The lowest BCUT2D eigenvalue weighted by atomic mass is 10.0. The maximum Gasteiger partial charge on any atom is 0.416 e. The van der Waals surface area contributed by atoms with E-state index in [2.05, 4.69) is 32.4 Å². The molecule has 2 heterocycles. The molecule has 9 nitrogen and oxygen atoms in total. The first-order valence-corrected chi connectivity index (χ1v) is 11.8. The number of hydrogen-bond acceptors (Lipinski definition) is 7. The van der Waals surface area contributed by atoms with Gasteiger partial charge in [-0.05, 0) is 48.5 Å². The van der Waals surface area contributed by atoms with Crippen LogP contribution in [0.5, 0.6) is 11.6 Å². The number of nitrogens with zero attached hydrogens (tertiary/aromatic N) is 4. The van der Waals surface area contributed by atoms with E-state index in [4.69, 9.17) is 10.5 Å². The molecule has 1 saturated heterocycles. The van der Waals surface area contributed by atoms with E-state index < -0.39 is 17.8 Å². The standard InChI is InChI=1S/C25H28F3N7O2/c1-2-34-9-11-35(12-10-34)15-17-3-4-19(13-21(17)25(26,27)28)33-24(36)32-18-5-7-20(8-6-18)37-23-14-22(29)30-16-31-23/h3-8,13-14,16H,2,9-12,15H2,1H3,(H2,29,30,31)(H2,32,33,36). The van der Waals surface area contributed by atoms with Gasteiger partial charge in [0.05, 0.1) is 5.56 Å². The van der Waals surface area contributed by atoms with Crippen LogP contribution in [0.1, 0.15) is 18.1 Å². The van der Waals surface area contributed by atoms with E-state index in [1.165, 1.54) is 24.5 Å². The molecule has 1 aliphatic rings. The van der Waals surface area contributed by atoms with Crippen LogP contribution in [0.3, 0.4) is 0 Å². The number of piperazine rings is 1. The third-order valence-corrected chi connectivity index (χ3v) is 5.98. The van der Waals surface area contributed by atoms with Gasteiger partial charge < -0.3 is 26.0 Å². The first kappa shape index (κ1) is 26.2. The van der Waals surface area contributed by atoms with Gasteiger partial charge in [0.1, 0.15) is 17.9 Å². The van der Waals surface area contributed by atoms with E-state index in [1.807, 2.05) is 4.90 Å². The first-order valence-electron chi connectivity index (χ1n) is 11.8. The molecule has 0 atom stereocenters. The quantitative estimate of drug-likeness (QED) is 0.420. The van der Waals surface area contributed by atoms with Crippen LogP contribution in [0.25, 0.3) is 0 Å². The number of aromatic nitrogens is 2. The molecule has 1 fully saturated rings. The fraction of sp³-hybridized carbons (Fsp3) is 0.320. The van der Waals surface area contributed by atoms with Gasteiger partial charge >= 0.3 is 12.2 Å². The van der Waals surface area contributed by atoms with Gasteiger partial charge in [0.15, 0.2) is 0 Å². The topological polar surface area (TPSA) is 109 Å². The molecule has 0 bridgehead atoms. The summed E-state index contributed by atoms with van der Waals surface area (Å²) in [6, 6.07) is 11.1. The molecular formula is C25H28F3N7O2. The Balaban J connectivity index is 1.37. The van der Waals surface area contributed by atoms with Gasteiger partial charge in [-0.1, -0.05) is 13.0 Å². The number of amides is 2. The van der Waals surface area contributed by atoms with E-state index in [9.17, 15) is 18.0 Å². The molecule has 4 N–H and O–H groups in total. The zero-order valence-corrected chi connectivity index (χ0v) is 20.3. The van der Waals surface area contributed by atoms with E-state index in [0.717, 1.165) is 25.7 Å². The average molecular weight is 516 g/mol. The van der Waals surface area contributed by atoms with Crippen LogP contribution in [0.2, 0.25) is 0 Å². The predicted molar refractivity (Wildman–Crippen MR) is 134 cm³/mol. The summed E-state index contributed by atoms with van der Waals surface area (Å²) < 4.78 is 47.0. The summed E-state index contributed by atoms with van der Waals surface area (Å²) in [6.07, 6.45) is -3.27. The largest absolute Gasteiger partial charge is 0.439 e. The minimum atomic E-state index is -4.54. The Kier molecular flexibility index (Phi) is 8.09. The Hall–Kier alpha value is -3.90. The number of hydrogen-bond donors (Lipinski definition) is 3. The Morgan fingerprint density at radius 2 is 1.62 bits per heavy atom. The smallest absolute Gasteiger partial charge is 0.416 e. The molecule has 196 valence electrons. The highest BCUT2D eigenvalue weighted by molar-refractivity contribution is 5.99. The minimum Gasteiger partial charge on any atom is -0.439 e. The average Bonchev–Trinajstić information content (AvgIpc) is 2.86. The van der Waals surface area contributed by atoms with Crippen LogP contribution in [0.4, 0.5) is 35.2 Å². The zero-order valence-electron chi connectivity index (χ0n) is 20.3. The van der Waals surface area contributed by atoms with Crippen molar-refractivity contribution in [3.63, 3.8) is 0 Å².